The second-order valence-electron chi connectivity index (χ2n) is 2.89. The Balaban J connectivity index is 2.91. The summed E-state index contributed by atoms with van der Waals surface area (Å²) in [6.45, 7) is 4.16. The zero-order valence-corrected chi connectivity index (χ0v) is 7.17. The van der Waals surface area contributed by atoms with Crippen LogP contribution in [0.25, 0.3) is 0 Å². The first-order valence-corrected chi connectivity index (χ1v) is 4.08. The van der Waals surface area contributed by atoms with E-state index in [1.54, 1.807) is 0 Å². The lowest BCUT2D eigenvalue weighted by atomic mass is 10.0. The highest BCUT2D eigenvalue weighted by Crippen LogP contribution is 2.11. The van der Waals surface area contributed by atoms with Crippen LogP contribution in [0, 0.1) is 0 Å². The van der Waals surface area contributed by atoms with E-state index < -0.39 is 0 Å². The van der Waals surface area contributed by atoms with Gasteiger partial charge in [0.2, 0.25) is 0 Å². The molecule has 0 saturated carbocycles. The van der Waals surface area contributed by atoms with Gasteiger partial charge < -0.3 is 5.73 Å². The summed E-state index contributed by atoms with van der Waals surface area (Å²) in [5.74, 6) is 0. The van der Waals surface area contributed by atoms with Gasteiger partial charge in [-0.15, -0.1) is 0 Å². The van der Waals surface area contributed by atoms with Crippen LogP contribution in [-0.2, 0) is 6.42 Å². The first-order chi connectivity index (χ1) is 5.24. The van der Waals surface area contributed by atoms with Crippen LogP contribution in [0.5, 0.6) is 0 Å². The average Bonchev–Trinajstić information content (AvgIpc) is 2.05. The van der Waals surface area contributed by atoms with Gasteiger partial charge in [-0.05, 0) is 24.5 Å². The van der Waals surface area contributed by atoms with E-state index in [0.717, 1.165) is 6.42 Å². The van der Waals surface area contributed by atoms with Gasteiger partial charge in [-0.2, -0.15) is 0 Å². The Hall–Kier alpha value is -0.820. The second kappa shape index (κ2) is 3.54. The highest BCUT2D eigenvalue weighted by atomic mass is 14.6. The minimum atomic E-state index is 0.154. The molecule has 1 aromatic carbocycles. The summed E-state index contributed by atoms with van der Waals surface area (Å²) >= 11 is 0. The number of aryl methyl sites for hydroxylation is 1. The molecule has 1 aromatic rings. The van der Waals surface area contributed by atoms with Crippen molar-refractivity contribution in [1.82, 2.24) is 0 Å². The predicted octanol–water partition coefficient (Wildman–Crippen LogP) is 2.27. The highest BCUT2D eigenvalue weighted by molar-refractivity contribution is 5.25. The van der Waals surface area contributed by atoms with E-state index in [1.165, 1.54) is 11.1 Å². The molecule has 0 bridgehead atoms. The molecule has 0 aliphatic rings. The topological polar surface area (TPSA) is 26.0 Å². The van der Waals surface area contributed by atoms with E-state index in [4.69, 9.17) is 5.73 Å². The average molecular weight is 149 g/mol. The monoisotopic (exact) mass is 149 g/mol. The van der Waals surface area contributed by atoms with E-state index in [-0.39, 0.29) is 6.04 Å². The van der Waals surface area contributed by atoms with Gasteiger partial charge >= 0.3 is 0 Å². The van der Waals surface area contributed by atoms with Crippen molar-refractivity contribution in [3.8, 4) is 0 Å². The van der Waals surface area contributed by atoms with Crippen molar-refractivity contribution in [3.05, 3.63) is 35.4 Å². The molecule has 0 aliphatic carbocycles. The number of hydrogen-bond acceptors (Lipinski definition) is 1. The van der Waals surface area contributed by atoms with Crippen molar-refractivity contribution in [2.24, 2.45) is 5.73 Å². The fraction of sp³-hybridized carbons (Fsp3) is 0.400. The minimum Gasteiger partial charge on any atom is -0.324 e. The van der Waals surface area contributed by atoms with Crippen molar-refractivity contribution < 1.29 is 0 Å². The van der Waals surface area contributed by atoms with Gasteiger partial charge in [0.15, 0.2) is 0 Å². The van der Waals surface area contributed by atoms with Crippen molar-refractivity contribution >= 4 is 0 Å². The summed E-state index contributed by atoms with van der Waals surface area (Å²) in [6.07, 6.45) is 1.08. The predicted molar refractivity (Wildman–Crippen MR) is 48.4 cm³/mol. The van der Waals surface area contributed by atoms with E-state index in [0.29, 0.717) is 0 Å². The number of benzene rings is 1. The maximum atomic E-state index is 5.74. The smallest absolute Gasteiger partial charge is 0.0266 e. The standard InChI is InChI=1S/C10H15N/c1-3-9-5-4-6-10(7-9)8(2)11/h4-8H,3,11H2,1-2H3/t8-/m0/s1. The molecule has 1 atom stereocenters. The first kappa shape index (κ1) is 8.28. The minimum absolute atomic E-state index is 0.154. The Morgan fingerprint density at radius 3 is 2.73 bits per heavy atom. The summed E-state index contributed by atoms with van der Waals surface area (Å²) < 4.78 is 0. The summed E-state index contributed by atoms with van der Waals surface area (Å²) in [4.78, 5) is 0. The quantitative estimate of drug-likeness (QED) is 0.685. The molecular weight excluding hydrogens is 134 g/mol. The third-order valence-corrected chi connectivity index (χ3v) is 1.89. The Kier molecular flexibility index (Phi) is 2.66. The summed E-state index contributed by atoms with van der Waals surface area (Å²) in [5, 5.41) is 0. The van der Waals surface area contributed by atoms with Crippen LogP contribution in [0.2, 0.25) is 0 Å². The third kappa shape index (κ3) is 2.05. The molecule has 0 aromatic heterocycles. The van der Waals surface area contributed by atoms with Crippen molar-refractivity contribution in [3.63, 3.8) is 0 Å². The molecule has 0 radical (unpaired) electrons. The lowest BCUT2D eigenvalue weighted by Gasteiger charge is -2.06. The SMILES string of the molecule is CCc1cccc([C@H](C)N)c1. The Morgan fingerprint density at radius 2 is 2.18 bits per heavy atom. The number of nitrogens with two attached hydrogens (primary N) is 1. The molecule has 0 unspecified atom stereocenters. The molecule has 2 N–H and O–H groups in total. The molecule has 60 valence electrons. The van der Waals surface area contributed by atoms with Crippen LogP contribution in [0.15, 0.2) is 24.3 Å². The summed E-state index contributed by atoms with van der Waals surface area (Å²) in [5.41, 5.74) is 8.32. The summed E-state index contributed by atoms with van der Waals surface area (Å²) in [6, 6.07) is 8.60. The summed E-state index contributed by atoms with van der Waals surface area (Å²) in [7, 11) is 0. The van der Waals surface area contributed by atoms with E-state index in [2.05, 4.69) is 31.2 Å². The molecule has 0 spiro atoms. The van der Waals surface area contributed by atoms with Crippen molar-refractivity contribution in [1.29, 1.82) is 0 Å². The molecule has 0 aliphatic heterocycles. The maximum absolute atomic E-state index is 5.74. The van der Waals surface area contributed by atoms with Gasteiger partial charge in [0, 0.05) is 6.04 Å². The van der Waals surface area contributed by atoms with Gasteiger partial charge in [0.1, 0.15) is 0 Å². The fourth-order valence-corrected chi connectivity index (χ4v) is 1.10. The highest BCUT2D eigenvalue weighted by Gasteiger charge is 1.97. The fourth-order valence-electron chi connectivity index (χ4n) is 1.10. The molecule has 0 fully saturated rings. The first-order valence-electron chi connectivity index (χ1n) is 4.08. The molecular formula is C10H15N. The molecule has 0 amide bonds. The number of rotatable bonds is 2. The van der Waals surface area contributed by atoms with Crippen LogP contribution in [0.3, 0.4) is 0 Å². The van der Waals surface area contributed by atoms with E-state index >= 15 is 0 Å². The van der Waals surface area contributed by atoms with Crippen LogP contribution < -0.4 is 5.73 Å². The normalized spacial score (nSPS) is 13.0. The van der Waals surface area contributed by atoms with Crippen LogP contribution in [0.1, 0.15) is 31.0 Å². The number of hydrogen-bond donors (Lipinski definition) is 1. The van der Waals surface area contributed by atoms with E-state index in [9.17, 15) is 0 Å². The van der Waals surface area contributed by atoms with Crippen LogP contribution >= 0.6 is 0 Å². The largest absolute Gasteiger partial charge is 0.324 e. The maximum Gasteiger partial charge on any atom is 0.0266 e. The molecule has 0 saturated heterocycles. The third-order valence-electron chi connectivity index (χ3n) is 1.89. The lowest BCUT2D eigenvalue weighted by molar-refractivity contribution is 0.815. The van der Waals surface area contributed by atoms with Gasteiger partial charge in [0.05, 0.1) is 0 Å². The van der Waals surface area contributed by atoms with Crippen LogP contribution in [0.4, 0.5) is 0 Å². The van der Waals surface area contributed by atoms with E-state index in [1.807, 2.05) is 6.92 Å². The van der Waals surface area contributed by atoms with Gasteiger partial charge in [-0.3, -0.25) is 0 Å². The molecule has 11 heavy (non-hydrogen) atoms. The zero-order chi connectivity index (χ0) is 8.27. The molecule has 0 heterocycles. The lowest BCUT2D eigenvalue weighted by Crippen LogP contribution is -2.04. The van der Waals surface area contributed by atoms with Gasteiger partial charge in [-0.1, -0.05) is 31.2 Å². The Morgan fingerprint density at radius 1 is 1.45 bits per heavy atom. The second-order valence-corrected chi connectivity index (χ2v) is 2.89. The van der Waals surface area contributed by atoms with Gasteiger partial charge in [-0.25, -0.2) is 0 Å². The molecule has 1 heteroatoms. The molecule has 1 nitrogen and oxygen atoms in total. The Bertz CT molecular complexity index is 228. The zero-order valence-electron chi connectivity index (χ0n) is 7.17. The molecule has 1 rings (SSSR count). The van der Waals surface area contributed by atoms with Gasteiger partial charge in [0.25, 0.3) is 0 Å². The van der Waals surface area contributed by atoms with Crippen molar-refractivity contribution in [2.45, 2.75) is 26.3 Å². The Labute approximate surface area is 68.2 Å². The van der Waals surface area contributed by atoms with Crippen LogP contribution in [-0.4, -0.2) is 0 Å². The van der Waals surface area contributed by atoms with Crippen molar-refractivity contribution in [2.75, 3.05) is 0 Å².